The Morgan fingerprint density at radius 1 is 0.769 bits per heavy atom. The van der Waals surface area contributed by atoms with Crippen molar-refractivity contribution in [3.05, 3.63) is 96.2 Å². The van der Waals surface area contributed by atoms with Crippen LogP contribution in [-0.4, -0.2) is 4.98 Å². The molecule has 0 saturated heterocycles. The molecule has 0 atom stereocenters. The van der Waals surface area contributed by atoms with Crippen LogP contribution in [0, 0.1) is 13.8 Å². The molecule has 126 valence electrons. The number of aryl methyl sites for hydroxylation is 1. The molecule has 0 bridgehead atoms. The SMILES string of the molecule is C=Cc1cc(C)c2cc(-c3cccc(-c4ccccc4)c3C)ccc2n1. The van der Waals surface area contributed by atoms with E-state index < -0.39 is 0 Å². The Bertz CT molecular complexity index is 1110. The first-order valence-corrected chi connectivity index (χ1v) is 8.86. The van der Waals surface area contributed by atoms with Crippen molar-refractivity contribution in [2.45, 2.75) is 13.8 Å². The van der Waals surface area contributed by atoms with E-state index in [1.807, 2.05) is 0 Å². The number of hydrogen-bond donors (Lipinski definition) is 0. The zero-order valence-corrected chi connectivity index (χ0v) is 15.2. The summed E-state index contributed by atoms with van der Waals surface area (Å²) in [5, 5.41) is 1.19. The number of benzene rings is 3. The van der Waals surface area contributed by atoms with Gasteiger partial charge < -0.3 is 0 Å². The van der Waals surface area contributed by atoms with Gasteiger partial charge in [0.15, 0.2) is 0 Å². The van der Waals surface area contributed by atoms with Crippen LogP contribution in [0.1, 0.15) is 16.8 Å². The van der Waals surface area contributed by atoms with Gasteiger partial charge in [0.1, 0.15) is 0 Å². The normalized spacial score (nSPS) is 10.8. The molecule has 0 aliphatic heterocycles. The van der Waals surface area contributed by atoms with Gasteiger partial charge in [0.2, 0.25) is 0 Å². The molecular formula is C25H21N. The lowest BCUT2D eigenvalue weighted by molar-refractivity contribution is 1.33. The van der Waals surface area contributed by atoms with Crippen molar-refractivity contribution >= 4 is 17.0 Å². The van der Waals surface area contributed by atoms with Crippen LogP contribution in [0.2, 0.25) is 0 Å². The molecule has 26 heavy (non-hydrogen) atoms. The van der Waals surface area contributed by atoms with Crippen molar-refractivity contribution < 1.29 is 0 Å². The fourth-order valence-corrected chi connectivity index (χ4v) is 3.57. The van der Waals surface area contributed by atoms with Crippen LogP contribution >= 0.6 is 0 Å². The molecule has 1 aromatic heterocycles. The molecule has 1 nitrogen and oxygen atoms in total. The van der Waals surface area contributed by atoms with Gasteiger partial charge in [-0.05, 0) is 71.5 Å². The Morgan fingerprint density at radius 2 is 1.50 bits per heavy atom. The Morgan fingerprint density at radius 3 is 2.23 bits per heavy atom. The highest BCUT2D eigenvalue weighted by Gasteiger charge is 2.10. The van der Waals surface area contributed by atoms with E-state index in [1.165, 1.54) is 38.8 Å². The highest BCUT2D eigenvalue weighted by molar-refractivity contribution is 5.89. The molecule has 4 rings (SSSR count). The highest BCUT2D eigenvalue weighted by Crippen LogP contribution is 2.33. The number of fused-ring (bicyclic) bond motifs is 1. The lowest BCUT2D eigenvalue weighted by atomic mass is 9.92. The molecule has 0 unspecified atom stereocenters. The van der Waals surface area contributed by atoms with E-state index in [1.54, 1.807) is 6.08 Å². The molecule has 0 amide bonds. The molecule has 1 heterocycles. The molecular weight excluding hydrogens is 314 g/mol. The molecule has 1 heteroatoms. The molecule has 3 aromatic carbocycles. The first-order chi connectivity index (χ1) is 12.7. The lowest BCUT2D eigenvalue weighted by Crippen LogP contribution is -1.91. The summed E-state index contributed by atoms with van der Waals surface area (Å²) < 4.78 is 0. The van der Waals surface area contributed by atoms with E-state index in [0.29, 0.717) is 0 Å². The monoisotopic (exact) mass is 335 g/mol. The summed E-state index contributed by atoms with van der Waals surface area (Å²) in [7, 11) is 0. The summed E-state index contributed by atoms with van der Waals surface area (Å²) in [6, 6.07) is 25.7. The number of aromatic nitrogens is 1. The van der Waals surface area contributed by atoms with Crippen LogP contribution in [0.3, 0.4) is 0 Å². The minimum absolute atomic E-state index is 0.921. The van der Waals surface area contributed by atoms with E-state index in [4.69, 9.17) is 0 Å². The third-order valence-electron chi connectivity index (χ3n) is 4.97. The first-order valence-electron chi connectivity index (χ1n) is 8.86. The van der Waals surface area contributed by atoms with Gasteiger partial charge in [-0.2, -0.15) is 0 Å². The molecule has 0 spiro atoms. The van der Waals surface area contributed by atoms with Crippen molar-refractivity contribution in [2.75, 3.05) is 0 Å². The zero-order chi connectivity index (χ0) is 18.1. The number of hydrogen-bond acceptors (Lipinski definition) is 1. The summed E-state index contributed by atoms with van der Waals surface area (Å²) in [6.07, 6.45) is 1.80. The topological polar surface area (TPSA) is 12.9 Å². The van der Waals surface area contributed by atoms with Gasteiger partial charge in [-0.1, -0.05) is 61.2 Å². The van der Waals surface area contributed by atoms with E-state index in [9.17, 15) is 0 Å². The van der Waals surface area contributed by atoms with Gasteiger partial charge in [0.05, 0.1) is 11.2 Å². The summed E-state index contributed by atoms with van der Waals surface area (Å²) >= 11 is 0. The largest absolute Gasteiger partial charge is 0.248 e. The Hall–Kier alpha value is -3.19. The van der Waals surface area contributed by atoms with Crippen LogP contribution in [0.25, 0.3) is 39.2 Å². The second kappa shape index (κ2) is 6.61. The third kappa shape index (κ3) is 2.82. The predicted molar refractivity (Wildman–Crippen MR) is 112 cm³/mol. The first kappa shape index (κ1) is 16.3. The molecule has 4 aromatic rings. The predicted octanol–water partition coefficient (Wildman–Crippen LogP) is 6.83. The summed E-state index contributed by atoms with van der Waals surface area (Å²) in [4.78, 5) is 4.66. The number of pyridine rings is 1. The lowest BCUT2D eigenvalue weighted by Gasteiger charge is -2.13. The maximum Gasteiger partial charge on any atom is 0.0712 e. The fraction of sp³-hybridized carbons (Fsp3) is 0.0800. The van der Waals surface area contributed by atoms with Crippen LogP contribution in [0.4, 0.5) is 0 Å². The van der Waals surface area contributed by atoms with Gasteiger partial charge in [-0.3, -0.25) is 0 Å². The second-order valence-corrected chi connectivity index (χ2v) is 6.64. The minimum atomic E-state index is 0.921. The van der Waals surface area contributed by atoms with Crippen molar-refractivity contribution in [1.29, 1.82) is 0 Å². The van der Waals surface area contributed by atoms with Gasteiger partial charge in [0, 0.05) is 5.39 Å². The van der Waals surface area contributed by atoms with Crippen molar-refractivity contribution in [3.8, 4) is 22.3 Å². The Kier molecular flexibility index (Phi) is 4.14. The smallest absolute Gasteiger partial charge is 0.0712 e. The molecule has 0 fully saturated rings. The minimum Gasteiger partial charge on any atom is -0.248 e. The number of nitrogens with zero attached hydrogens (tertiary/aromatic N) is 1. The van der Waals surface area contributed by atoms with Crippen molar-refractivity contribution in [1.82, 2.24) is 4.98 Å². The van der Waals surface area contributed by atoms with E-state index >= 15 is 0 Å². The van der Waals surface area contributed by atoms with Crippen LogP contribution < -0.4 is 0 Å². The van der Waals surface area contributed by atoms with Gasteiger partial charge in [0.25, 0.3) is 0 Å². The molecule has 0 radical (unpaired) electrons. The molecule has 0 aliphatic carbocycles. The molecule has 0 saturated carbocycles. The fourth-order valence-electron chi connectivity index (χ4n) is 3.57. The number of rotatable bonds is 3. The van der Waals surface area contributed by atoms with E-state index in [0.717, 1.165) is 11.2 Å². The highest BCUT2D eigenvalue weighted by atomic mass is 14.7. The Labute approximate surface area is 154 Å². The van der Waals surface area contributed by atoms with Crippen molar-refractivity contribution in [2.24, 2.45) is 0 Å². The maximum atomic E-state index is 4.66. The Balaban J connectivity index is 1.88. The van der Waals surface area contributed by atoms with Gasteiger partial charge in [-0.15, -0.1) is 0 Å². The van der Waals surface area contributed by atoms with E-state index in [2.05, 4.69) is 98.2 Å². The van der Waals surface area contributed by atoms with Crippen LogP contribution in [-0.2, 0) is 0 Å². The zero-order valence-electron chi connectivity index (χ0n) is 15.2. The maximum absolute atomic E-state index is 4.66. The van der Waals surface area contributed by atoms with Crippen LogP contribution in [0.5, 0.6) is 0 Å². The standard InChI is InChI=1S/C25H21N/c1-4-21-15-17(2)24-16-20(13-14-25(24)26-21)23-12-8-11-22(18(23)3)19-9-6-5-7-10-19/h4-16H,1H2,2-3H3. The average molecular weight is 335 g/mol. The van der Waals surface area contributed by atoms with Crippen molar-refractivity contribution in [3.63, 3.8) is 0 Å². The second-order valence-electron chi connectivity index (χ2n) is 6.64. The summed E-state index contributed by atoms with van der Waals surface area (Å²) in [5.74, 6) is 0. The summed E-state index contributed by atoms with van der Waals surface area (Å²) in [6.45, 7) is 8.17. The van der Waals surface area contributed by atoms with Crippen LogP contribution in [0.15, 0.2) is 79.4 Å². The average Bonchev–Trinajstić information content (AvgIpc) is 2.68. The van der Waals surface area contributed by atoms with Gasteiger partial charge in [-0.25, -0.2) is 4.98 Å². The third-order valence-corrected chi connectivity index (χ3v) is 4.97. The molecule has 0 aliphatic rings. The quantitative estimate of drug-likeness (QED) is 0.400. The van der Waals surface area contributed by atoms with E-state index in [-0.39, 0.29) is 0 Å². The summed E-state index contributed by atoms with van der Waals surface area (Å²) in [5.41, 5.74) is 9.48. The van der Waals surface area contributed by atoms with Gasteiger partial charge >= 0.3 is 0 Å². The molecule has 0 N–H and O–H groups in total.